The summed E-state index contributed by atoms with van der Waals surface area (Å²) in [4.78, 5) is 12.0. The number of alkyl halides is 2. The van der Waals surface area contributed by atoms with Crippen molar-refractivity contribution in [2.75, 3.05) is 19.6 Å². The number of hydrogen-bond acceptors (Lipinski definition) is 4. The number of halogens is 3. The summed E-state index contributed by atoms with van der Waals surface area (Å²) in [6.45, 7) is 2.13. The molecule has 1 heterocycles. The highest BCUT2D eigenvalue weighted by atomic mass is 35.5. The molecule has 0 radical (unpaired) electrons. The van der Waals surface area contributed by atoms with Crippen molar-refractivity contribution in [3.63, 3.8) is 0 Å². The van der Waals surface area contributed by atoms with Gasteiger partial charge >= 0.3 is 5.76 Å². The van der Waals surface area contributed by atoms with Crippen LogP contribution in [0, 0.1) is 0 Å². The Balaban J connectivity index is 0.00000288. The Bertz CT molecular complexity index is 691. The van der Waals surface area contributed by atoms with E-state index in [1.54, 1.807) is 0 Å². The highest BCUT2D eigenvalue weighted by Gasteiger charge is 2.24. The van der Waals surface area contributed by atoms with E-state index in [2.05, 4.69) is 10.6 Å². The maximum absolute atomic E-state index is 12.3. The molecule has 0 fully saturated rings. The van der Waals surface area contributed by atoms with Gasteiger partial charge in [0, 0.05) is 18.7 Å². The van der Waals surface area contributed by atoms with Gasteiger partial charge in [-0.1, -0.05) is 23.8 Å². The van der Waals surface area contributed by atoms with Crippen molar-refractivity contribution >= 4 is 28.2 Å². The second-order valence-corrected chi connectivity index (χ2v) is 7.23. The predicted molar refractivity (Wildman–Crippen MR) is 90.2 cm³/mol. The Hall–Kier alpha value is -1.51. The van der Waals surface area contributed by atoms with Crippen LogP contribution in [0.15, 0.2) is 35.9 Å². The van der Waals surface area contributed by atoms with E-state index in [1.807, 2.05) is 6.08 Å². The second kappa shape index (κ2) is 9.10. The van der Waals surface area contributed by atoms with Crippen molar-refractivity contribution in [1.82, 2.24) is 10.6 Å². The van der Waals surface area contributed by atoms with E-state index in [-0.39, 0.29) is 23.9 Å². The van der Waals surface area contributed by atoms with E-state index in [4.69, 9.17) is 0 Å². The largest absolute Gasteiger partial charge is 0.348 e. The monoisotopic (exact) mass is 380 g/mol. The highest BCUT2D eigenvalue weighted by molar-refractivity contribution is 7.90. The summed E-state index contributed by atoms with van der Waals surface area (Å²) in [7, 11) is -4.46. The van der Waals surface area contributed by atoms with Crippen molar-refractivity contribution in [1.29, 1.82) is 0 Å². The van der Waals surface area contributed by atoms with Gasteiger partial charge in [0.2, 0.25) is 9.84 Å². The molecule has 0 aromatic heterocycles. The zero-order chi connectivity index (χ0) is 16.9. The number of carbonyl (C=O) groups is 1. The van der Waals surface area contributed by atoms with Gasteiger partial charge in [-0.3, -0.25) is 4.79 Å². The summed E-state index contributed by atoms with van der Waals surface area (Å²) in [5.74, 6) is -4.43. The lowest BCUT2D eigenvalue weighted by Crippen LogP contribution is -2.29. The smallest absolute Gasteiger partial charge is 0.337 e. The van der Waals surface area contributed by atoms with E-state index in [0.29, 0.717) is 12.1 Å². The summed E-state index contributed by atoms with van der Waals surface area (Å²) in [5.41, 5.74) is 1.73. The molecule has 1 aliphatic heterocycles. The van der Waals surface area contributed by atoms with Gasteiger partial charge in [0.05, 0.1) is 5.75 Å². The van der Waals surface area contributed by atoms with Gasteiger partial charge in [-0.15, -0.1) is 12.4 Å². The molecule has 0 aliphatic carbocycles. The van der Waals surface area contributed by atoms with E-state index in [9.17, 15) is 22.0 Å². The summed E-state index contributed by atoms with van der Waals surface area (Å²) in [6, 6.07) is 5.61. The minimum absolute atomic E-state index is 0. The Morgan fingerprint density at radius 3 is 2.46 bits per heavy atom. The van der Waals surface area contributed by atoms with Gasteiger partial charge in [0.1, 0.15) is 0 Å². The Labute approximate surface area is 145 Å². The molecule has 0 spiro atoms. The summed E-state index contributed by atoms with van der Waals surface area (Å²) < 4.78 is 47.0. The van der Waals surface area contributed by atoms with Crippen LogP contribution in [0.2, 0.25) is 0 Å². The number of sulfone groups is 1. The zero-order valence-corrected chi connectivity index (χ0v) is 14.4. The molecule has 1 amide bonds. The van der Waals surface area contributed by atoms with Crippen LogP contribution in [0.3, 0.4) is 0 Å². The molecular formula is C15H19ClF2N2O3S. The molecular weight excluding hydrogens is 362 g/mol. The van der Waals surface area contributed by atoms with Crippen LogP contribution in [-0.2, 0) is 15.6 Å². The van der Waals surface area contributed by atoms with Gasteiger partial charge < -0.3 is 10.6 Å². The molecule has 1 aliphatic rings. The topological polar surface area (TPSA) is 75.3 Å². The number of amides is 1. The number of hydrogen-bond donors (Lipinski definition) is 2. The van der Waals surface area contributed by atoms with Gasteiger partial charge in [0.15, 0.2) is 0 Å². The van der Waals surface area contributed by atoms with E-state index in [1.165, 1.54) is 24.3 Å². The van der Waals surface area contributed by atoms with E-state index in [0.717, 1.165) is 25.1 Å². The first-order valence-electron chi connectivity index (χ1n) is 7.14. The molecule has 5 nitrogen and oxygen atoms in total. The van der Waals surface area contributed by atoms with Crippen molar-refractivity contribution in [2.24, 2.45) is 0 Å². The lowest BCUT2D eigenvalue weighted by atomic mass is 10.1. The third kappa shape index (κ3) is 5.85. The van der Waals surface area contributed by atoms with Gasteiger partial charge in [0.25, 0.3) is 5.91 Å². The van der Waals surface area contributed by atoms with Crippen LogP contribution >= 0.6 is 12.4 Å². The number of carbonyl (C=O) groups excluding carboxylic acids is 1. The fourth-order valence-corrected chi connectivity index (χ4v) is 2.96. The van der Waals surface area contributed by atoms with Crippen molar-refractivity contribution < 1.29 is 22.0 Å². The first-order chi connectivity index (χ1) is 10.9. The predicted octanol–water partition coefficient (Wildman–Crippen LogP) is 1.90. The molecule has 0 atom stereocenters. The number of rotatable bonds is 6. The molecule has 0 saturated heterocycles. The third-order valence-electron chi connectivity index (χ3n) is 3.49. The molecule has 134 valence electrons. The van der Waals surface area contributed by atoms with Gasteiger partial charge in [-0.25, -0.2) is 8.42 Å². The molecule has 2 rings (SSSR count). The standard InChI is InChI=1S/C15H18F2N2O3S.ClH/c16-15(17)23(21,22)10-12-1-3-13(4-2-12)14(20)19-9-11-5-7-18-8-6-11;/h1-5,15,18H,6-10H2,(H,19,20);1H. The quantitative estimate of drug-likeness (QED) is 0.739. The average molecular weight is 381 g/mol. The summed E-state index contributed by atoms with van der Waals surface area (Å²) in [6.07, 6.45) is 2.91. The maximum Gasteiger partial charge on any atom is 0.337 e. The minimum Gasteiger partial charge on any atom is -0.348 e. The molecule has 1 aromatic carbocycles. The Morgan fingerprint density at radius 1 is 1.25 bits per heavy atom. The SMILES string of the molecule is Cl.O=C(NCC1=CCNCC1)c1ccc(CS(=O)(=O)C(F)F)cc1. The molecule has 9 heteroatoms. The zero-order valence-electron chi connectivity index (χ0n) is 12.8. The average Bonchev–Trinajstić information content (AvgIpc) is 2.54. The number of nitrogens with one attached hydrogen (secondary N) is 2. The Morgan fingerprint density at radius 2 is 1.92 bits per heavy atom. The lowest BCUT2D eigenvalue weighted by molar-refractivity contribution is 0.0956. The molecule has 0 saturated carbocycles. The Kier molecular flexibility index (Phi) is 7.78. The van der Waals surface area contributed by atoms with Crippen LogP contribution in [-0.4, -0.2) is 39.7 Å². The van der Waals surface area contributed by atoms with Crippen LogP contribution in [0.5, 0.6) is 0 Å². The summed E-state index contributed by atoms with van der Waals surface area (Å²) >= 11 is 0. The molecule has 0 bridgehead atoms. The van der Waals surface area contributed by atoms with Crippen molar-refractivity contribution in [2.45, 2.75) is 17.9 Å². The normalized spacial score (nSPS) is 14.7. The van der Waals surface area contributed by atoms with Crippen molar-refractivity contribution in [3.8, 4) is 0 Å². The highest BCUT2D eigenvalue weighted by Crippen LogP contribution is 2.14. The molecule has 24 heavy (non-hydrogen) atoms. The van der Waals surface area contributed by atoms with Crippen LogP contribution in [0.25, 0.3) is 0 Å². The lowest BCUT2D eigenvalue weighted by Gasteiger charge is -2.14. The molecule has 1 aromatic rings. The van der Waals surface area contributed by atoms with Crippen LogP contribution < -0.4 is 10.6 Å². The number of benzene rings is 1. The first-order valence-corrected chi connectivity index (χ1v) is 8.85. The third-order valence-corrected chi connectivity index (χ3v) is 4.77. The van der Waals surface area contributed by atoms with Gasteiger partial charge in [-0.2, -0.15) is 8.78 Å². The summed E-state index contributed by atoms with van der Waals surface area (Å²) in [5, 5.41) is 5.96. The first kappa shape index (κ1) is 20.5. The van der Waals surface area contributed by atoms with Crippen molar-refractivity contribution in [3.05, 3.63) is 47.0 Å². The fourth-order valence-electron chi connectivity index (χ4n) is 2.17. The van der Waals surface area contributed by atoms with Crippen LogP contribution in [0.1, 0.15) is 22.3 Å². The van der Waals surface area contributed by atoms with E-state index >= 15 is 0 Å². The van der Waals surface area contributed by atoms with Crippen LogP contribution in [0.4, 0.5) is 8.78 Å². The molecule has 0 unspecified atom stereocenters. The molecule has 2 N–H and O–H groups in total. The minimum atomic E-state index is -4.46. The second-order valence-electron chi connectivity index (χ2n) is 5.26. The maximum atomic E-state index is 12.3. The van der Waals surface area contributed by atoms with Gasteiger partial charge in [-0.05, 0) is 30.7 Å². The van der Waals surface area contributed by atoms with E-state index < -0.39 is 21.3 Å². The fraction of sp³-hybridized carbons (Fsp3) is 0.400.